The van der Waals surface area contributed by atoms with E-state index in [0.717, 1.165) is 68.1 Å². The van der Waals surface area contributed by atoms with Crippen LogP contribution < -0.4 is 10.6 Å². The van der Waals surface area contributed by atoms with E-state index in [1.165, 1.54) is 11.1 Å². The van der Waals surface area contributed by atoms with Crippen LogP contribution in [0.25, 0.3) is 11.8 Å². The highest BCUT2D eigenvalue weighted by molar-refractivity contribution is 5.62. The molecule has 0 radical (unpaired) electrons. The Balaban J connectivity index is 1.77. The quantitative estimate of drug-likeness (QED) is 0.207. The number of aryl methyl sites for hydroxylation is 2. The number of hydrogen-bond donors (Lipinski definition) is 2. The maximum absolute atomic E-state index is 4.88. The fraction of sp³-hybridized carbons (Fsp3) is 0.364. The van der Waals surface area contributed by atoms with Gasteiger partial charge in [0, 0.05) is 18.8 Å². The molecular weight excluding hydrogens is 466 g/mol. The molecule has 2 unspecified atom stereocenters. The molecule has 202 valence electrons. The van der Waals surface area contributed by atoms with Crippen LogP contribution >= 0.6 is 0 Å². The highest BCUT2D eigenvalue weighted by atomic mass is 15.3. The standard InChI is InChI=1S/C33H45N5/c1-7-10-11-12-13-16-31(29-20-18-28(8-2)19-21-29)35-26(4)33-17-14-23-37(33)27(5)32-25-30(9-3)38(36-32)24-15-22-34-6/h7,9-13,16,18-21,25,31,33-35H,3-5,8,14-15,17,22-24H2,1-2,6H3/b10-7-,12-11-,16-13+. The van der Waals surface area contributed by atoms with Gasteiger partial charge in [-0.15, -0.1) is 0 Å². The number of nitrogens with zero attached hydrogens (tertiary/aromatic N) is 3. The van der Waals surface area contributed by atoms with Crippen molar-refractivity contribution in [1.82, 2.24) is 25.3 Å². The molecule has 2 aromatic rings. The first kappa shape index (κ1) is 29.0. The monoisotopic (exact) mass is 511 g/mol. The van der Waals surface area contributed by atoms with E-state index in [0.29, 0.717) is 0 Å². The number of likely N-dealkylation sites (tertiary alicyclic amines) is 1. The molecule has 38 heavy (non-hydrogen) atoms. The molecular formula is C33H45N5. The summed E-state index contributed by atoms with van der Waals surface area (Å²) in [5, 5.41) is 11.8. The van der Waals surface area contributed by atoms with E-state index in [9.17, 15) is 0 Å². The number of hydrogen-bond acceptors (Lipinski definition) is 4. The minimum atomic E-state index is 0.0260. The predicted octanol–water partition coefficient (Wildman–Crippen LogP) is 6.67. The summed E-state index contributed by atoms with van der Waals surface area (Å²) < 4.78 is 2.03. The van der Waals surface area contributed by atoms with Crippen molar-refractivity contribution < 1.29 is 0 Å². The van der Waals surface area contributed by atoms with Gasteiger partial charge < -0.3 is 15.5 Å². The summed E-state index contributed by atoms with van der Waals surface area (Å²) in [5.74, 6) is 0. The molecule has 3 rings (SSSR count). The molecule has 2 heterocycles. The second kappa shape index (κ2) is 15.0. The third kappa shape index (κ3) is 7.72. The van der Waals surface area contributed by atoms with Crippen molar-refractivity contribution in [3.05, 3.63) is 115 Å². The first-order chi connectivity index (χ1) is 18.5. The lowest BCUT2D eigenvalue weighted by atomic mass is 10.0. The van der Waals surface area contributed by atoms with Crippen LogP contribution in [0.1, 0.15) is 61.7 Å². The van der Waals surface area contributed by atoms with Crippen LogP contribution in [0, 0.1) is 0 Å². The number of allylic oxidation sites excluding steroid dienone is 5. The molecule has 0 aliphatic carbocycles. The number of benzene rings is 1. The van der Waals surface area contributed by atoms with E-state index in [1.807, 2.05) is 43.0 Å². The second-order valence-electron chi connectivity index (χ2n) is 9.67. The fourth-order valence-corrected chi connectivity index (χ4v) is 4.83. The molecule has 0 spiro atoms. The largest absolute Gasteiger partial charge is 0.377 e. The van der Waals surface area contributed by atoms with E-state index < -0.39 is 0 Å². The number of aromatic nitrogens is 2. The van der Waals surface area contributed by atoms with Gasteiger partial charge in [-0.05, 0) is 69.5 Å². The molecule has 2 atom stereocenters. The zero-order valence-electron chi connectivity index (χ0n) is 23.5. The van der Waals surface area contributed by atoms with Gasteiger partial charge in [-0.25, -0.2) is 0 Å². The van der Waals surface area contributed by atoms with Gasteiger partial charge in [0.05, 0.1) is 23.5 Å². The van der Waals surface area contributed by atoms with Crippen LogP contribution in [0.2, 0.25) is 0 Å². The first-order valence-corrected chi connectivity index (χ1v) is 13.8. The molecule has 0 bridgehead atoms. The minimum Gasteiger partial charge on any atom is -0.377 e. The van der Waals surface area contributed by atoms with Gasteiger partial charge in [0.25, 0.3) is 0 Å². The Morgan fingerprint density at radius 3 is 2.61 bits per heavy atom. The van der Waals surface area contributed by atoms with E-state index in [1.54, 1.807) is 0 Å². The van der Waals surface area contributed by atoms with Crippen molar-refractivity contribution >= 4 is 11.8 Å². The zero-order chi connectivity index (χ0) is 27.3. The van der Waals surface area contributed by atoms with Crippen LogP contribution in [0.3, 0.4) is 0 Å². The smallest absolute Gasteiger partial charge is 0.108 e. The van der Waals surface area contributed by atoms with Gasteiger partial charge in [-0.1, -0.05) is 87.4 Å². The Kier molecular flexibility index (Phi) is 11.4. The lowest BCUT2D eigenvalue weighted by Gasteiger charge is -2.31. The molecule has 1 fully saturated rings. The Morgan fingerprint density at radius 1 is 1.16 bits per heavy atom. The van der Waals surface area contributed by atoms with Crippen LogP contribution in [-0.2, 0) is 13.0 Å². The summed E-state index contributed by atoms with van der Waals surface area (Å²) >= 11 is 0. The lowest BCUT2D eigenvalue weighted by molar-refractivity contribution is 0.389. The van der Waals surface area contributed by atoms with E-state index >= 15 is 0 Å². The van der Waals surface area contributed by atoms with Crippen LogP contribution in [0.15, 0.2) is 92.2 Å². The summed E-state index contributed by atoms with van der Waals surface area (Å²) in [7, 11) is 1.97. The highest BCUT2D eigenvalue weighted by Crippen LogP contribution is 2.31. The van der Waals surface area contributed by atoms with Gasteiger partial charge in [0.15, 0.2) is 0 Å². The third-order valence-electron chi connectivity index (χ3n) is 7.03. The van der Waals surface area contributed by atoms with Gasteiger partial charge >= 0.3 is 0 Å². The van der Waals surface area contributed by atoms with Gasteiger partial charge in [-0.3, -0.25) is 4.68 Å². The van der Waals surface area contributed by atoms with Crippen molar-refractivity contribution in [1.29, 1.82) is 0 Å². The summed E-state index contributed by atoms with van der Waals surface area (Å²) in [6, 6.07) is 11.1. The molecule has 0 saturated carbocycles. The van der Waals surface area contributed by atoms with Gasteiger partial charge in [0.2, 0.25) is 0 Å². The first-order valence-electron chi connectivity index (χ1n) is 13.8. The Hall–Kier alpha value is -3.57. The predicted molar refractivity (Wildman–Crippen MR) is 164 cm³/mol. The second-order valence-corrected chi connectivity index (χ2v) is 9.67. The molecule has 1 aromatic heterocycles. The van der Waals surface area contributed by atoms with E-state index in [4.69, 9.17) is 5.10 Å². The van der Waals surface area contributed by atoms with E-state index in [-0.39, 0.29) is 12.1 Å². The molecule has 1 saturated heterocycles. The average Bonchev–Trinajstić information content (AvgIpc) is 3.60. The Morgan fingerprint density at radius 2 is 1.92 bits per heavy atom. The van der Waals surface area contributed by atoms with Gasteiger partial charge in [-0.2, -0.15) is 5.10 Å². The lowest BCUT2D eigenvalue weighted by Crippen LogP contribution is -2.35. The van der Waals surface area contributed by atoms with Gasteiger partial charge in [0.1, 0.15) is 5.69 Å². The van der Waals surface area contributed by atoms with Crippen molar-refractivity contribution in [3.8, 4) is 0 Å². The van der Waals surface area contributed by atoms with Crippen LogP contribution in [0.4, 0.5) is 0 Å². The van der Waals surface area contributed by atoms with Crippen LogP contribution in [-0.4, -0.2) is 40.9 Å². The molecule has 5 heteroatoms. The third-order valence-corrected chi connectivity index (χ3v) is 7.03. The number of nitrogens with one attached hydrogen (secondary N) is 2. The van der Waals surface area contributed by atoms with E-state index in [2.05, 4.69) is 90.8 Å². The van der Waals surface area contributed by atoms with Crippen molar-refractivity contribution in [2.24, 2.45) is 0 Å². The molecule has 2 N–H and O–H groups in total. The SMILES string of the molecule is C=Cc1cc(C(=C)N2CCCC2C(=C)NC(/C=C/C=C\C=C/C)c2ccc(CC)cc2)nn1CCCNC. The maximum Gasteiger partial charge on any atom is 0.108 e. The summed E-state index contributed by atoms with van der Waals surface area (Å²) in [5.41, 5.74) is 6.44. The summed E-state index contributed by atoms with van der Waals surface area (Å²) in [6.45, 7) is 19.9. The minimum absolute atomic E-state index is 0.0260. The average molecular weight is 512 g/mol. The highest BCUT2D eigenvalue weighted by Gasteiger charge is 2.30. The van der Waals surface area contributed by atoms with Crippen molar-refractivity contribution in [3.63, 3.8) is 0 Å². The van der Waals surface area contributed by atoms with Crippen LogP contribution in [0.5, 0.6) is 0 Å². The van der Waals surface area contributed by atoms with Crippen molar-refractivity contribution in [2.45, 2.75) is 58.2 Å². The Bertz CT molecular complexity index is 1150. The molecule has 1 aliphatic heterocycles. The van der Waals surface area contributed by atoms with Crippen molar-refractivity contribution in [2.75, 3.05) is 20.1 Å². The summed E-state index contributed by atoms with van der Waals surface area (Å²) in [4.78, 5) is 2.36. The zero-order valence-corrected chi connectivity index (χ0v) is 23.5. The number of rotatable bonds is 15. The molecule has 5 nitrogen and oxygen atoms in total. The molecule has 1 aliphatic rings. The topological polar surface area (TPSA) is 45.1 Å². The normalized spacial score (nSPS) is 16.6. The summed E-state index contributed by atoms with van der Waals surface area (Å²) in [6.07, 6.45) is 18.5. The fourth-order valence-electron chi connectivity index (χ4n) is 4.83. The molecule has 1 aromatic carbocycles. The Labute approximate surface area is 230 Å². The maximum atomic E-state index is 4.88. The molecule has 0 amide bonds.